The van der Waals surface area contributed by atoms with E-state index in [9.17, 15) is 4.79 Å². The maximum Gasteiger partial charge on any atom is 0.280 e. The maximum atomic E-state index is 13.4. The van der Waals surface area contributed by atoms with E-state index in [0.29, 0.717) is 47.0 Å². The minimum Gasteiger partial charge on any atom is -0.486 e. The van der Waals surface area contributed by atoms with Gasteiger partial charge in [-0.1, -0.05) is 0 Å². The van der Waals surface area contributed by atoms with Crippen LogP contribution in [0.4, 0.5) is 5.82 Å². The van der Waals surface area contributed by atoms with Crippen LogP contribution in [0.15, 0.2) is 36.7 Å². The smallest absolute Gasteiger partial charge is 0.280 e. The van der Waals surface area contributed by atoms with Crippen molar-refractivity contribution >= 4 is 22.8 Å². The van der Waals surface area contributed by atoms with Gasteiger partial charge in [-0.25, -0.2) is 9.67 Å². The third-order valence-electron chi connectivity index (χ3n) is 5.24. The van der Waals surface area contributed by atoms with Gasteiger partial charge in [0.05, 0.1) is 29.0 Å². The Balaban J connectivity index is 1.71. The van der Waals surface area contributed by atoms with E-state index in [1.54, 1.807) is 16.9 Å². The zero-order valence-corrected chi connectivity index (χ0v) is 17.4. The molecule has 1 aliphatic heterocycles. The van der Waals surface area contributed by atoms with Gasteiger partial charge in [0.1, 0.15) is 30.7 Å². The lowest BCUT2D eigenvalue weighted by atomic mass is 10.1. The lowest BCUT2D eigenvalue weighted by molar-refractivity contribution is 0.0949. The van der Waals surface area contributed by atoms with Crippen LogP contribution in [0.25, 0.3) is 22.3 Å². The van der Waals surface area contributed by atoms with Crippen LogP contribution >= 0.6 is 0 Å². The van der Waals surface area contributed by atoms with Gasteiger partial charge in [-0.05, 0) is 38.1 Å². The Morgan fingerprint density at radius 2 is 1.94 bits per heavy atom. The fraction of sp³-hybridized carbons (Fsp3) is 0.227. The number of fused-ring (bicyclic) bond motifs is 2. The van der Waals surface area contributed by atoms with Gasteiger partial charge in [0.2, 0.25) is 0 Å². The van der Waals surface area contributed by atoms with Crippen LogP contribution in [-0.4, -0.2) is 43.7 Å². The highest BCUT2D eigenvalue weighted by molar-refractivity contribution is 6.08. The average Bonchev–Trinajstić information content (AvgIpc) is 3.41. The zero-order valence-electron chi connectivity index (χ0n) is 17.4. The van der Waals surface area contributed by atoms with Gasteiger partial charge in [-0.3, -0.25) is 4.79 Å². The van der Waals surface area contributed by atoms with Gasteiger partial charge >= 0.3 is 0 Å². The lowest BCUT2D eigenvalue weighted by Gasteiger charge is -2.19. The Kier molecular flexibility index (Phi) is 4.52. The van der Waals surface area contributed by atoms with Crippen molar-refractivity contribution in [2.75, 3.05) is 18.9 Å². The first-order valence-corrected chi connectivity index (χ1v) is 10.0. The Labute approximate surface area is 182 Å². The number of carbonyl (C=O) groups is 1. The summed E-state index contributed by atoms with van der Waals surface area (Å²) in [7, 11) is 0. The standard InChI is InChI=1S/C22H19N7O3/c1-12(2)28-21-16(11-26-28)15(22(30)29-20(24)14(9-23)10-25-29)8-17(27-21)13-3-4-18-19(7-13)32-6-5-31-18/h3-4,7-8,10-12H,5-6,24H2,1-2H3. The minimum absolute atomic E-state index is 0.0143. The number of nitrogens with two attached hydrogens (primary N) is 1. The van der Waals surface area contributed by atoms with Crippen LogP contribution < -0.4 is 15.2 Å². The number of hydrogen-bond acceptors (Lipinski definition) is 8. The van der Waals surface area contributed by atoms with E-state index in [1.165, 1.54) is 6.20 Å². The summed E-state index contributed by atoms with van der Waals surface area (Å²) < 4.78 is 14.1. The molecule has 0 spiro atoms. The van der Waals surface area contributed by atoms with Gasteiger partial charge in [-0.2, -0.15) is 20.1 Å². The van der Waals surface area contributed by atoms with Crippen molar-refractivity contribution in [1.29, 1.82) is 5.26 Å². The first-order valence-electron chi connectivity index (χ1n) is 10.0. The number of pyridine rings is 1. The number of ether oxygens (including phenoxy) is 2. The van der Waals surface area contributed by atoms with E-state index in [-0.39, 0.29) is 17.4 Å². The van der Waals surface area contributed by atoms with Crippen molar-refractivity contribution in [3.8, 4) is 28.8 Å². The Hall–Kier alpha value is -4.39. The second-order valence-corrected chi connectivity index (χ2v) is 7.61. The summed E-state index contributed by atoms with van der Waals surface area (Å²) in [5.41, 5.74) is 8.30. The van der Waals surface area contributed by atoms with Crippen LogP contribution in [0, 0.1) is 11.3 Å². The molecule has 0 fully saturated rings. The monoisotopic (exact) mass is 429 g/mol. The number of carbonyl (C=O) groups excluding carboxylic acids is 1. The van der Waals surface area contributed by atoms with E-state index in [0.717, 1.165) is 10.2 Å². The Bertz CT molecular complexity index is 1410. The largest absolute Gasteiger partial charge is 0.486 e. The lowest BCUT2D eigenvalue weighted by Crippen LogP contribution is -2.17. The fourth-order valence-corrected chi connectivity index (χ4v) is 3.64. The van der Waals surface area contributed by atoms with Gasteiger partial charge in [0.15, 0.2) is 17.1 Å². The highest BCUT2D eigenvalue weighted by Gasteiger charge is 2.23. The SMILES string of the molecule is CC(C)n1ncc2c(C(=O)n3ncc(C#N)c3N)cc(-c3ccc4c(c3)OCCO4)nc21. The van der Waals surface area contributed by atoms with E-state index >= 15 is 0 Å². The highest BCUT2D eigenvalue weighted by atomic mass is 16.6. The number of hydrogen-bond donors (Lipinski definition) is 1. The van der Waals surface area contributed by atoms with Crippen molar-refractivity contribution in [1.82, 2.24) is 24.5 Å². The molecule has 10 nitrogen and oxygen atoms in total. The van der Waals surface area contributed by atoms with Crippen molar-refractivity contribution in [2.24, 2.45) is 0 Å². The predicted octanol–water partition coefficient (Wildman–Crippen LogP) is 2.79. The number of anilines is 1. The molecule has 160 valence electrons. The van der Waals surface area contributed by atoms with Gasteiger partial charge < -0.3 is 15.2 Å². The van der Waals surface area contributed by atoms with Crippen LogP contribution in [0.1, 0.15) is 35.8 Å². The summed E-state index contributed by atoms with van der Waals surface area (Å²) in [4.78, 5) is 18.2. The van der Waals surface area contributed by atoms with Crippen molar-refractivity contribution < 1.29 is 14.3 Å². The number of benzene rings is 1. The molecule has 4 aromatic rings. The maximum absolute atomic E-state index is 13.4. The third-order valence-corrected chi connectivity index (χ3v) is 5.24. The van der Waals surface area contributed by atoms with Crippen LogP contribution in [-0.2, 0) is 0 Å². The molecular weight excluding hydrogens is 410 g/mol. The molecule has 0 atom stereocenters. The van der Waals surface area contributed by atoms with Crippen molar-refractivity contribution in [3.05, 3.63) is 47.8 Å². The third kappa shape index (κ3) is 3.02. The molecule has 0 aliphatic carbocycles. The molecule has 1 aromatic carbocycles. The van der Waals surface area contributed by atoms with E-state index in [4.69, 9.17) is 25.5 Å². The molecule has 10 heteroatoms. The Morgan fingerprint density at radius 3 is 2.66 bits per heavy atom. The Morgan fingerprint density at radius 1 is 1.16 bits per heavy atom. The van der Waals surface area contributed by atoms with E-state index in [2.05, 4.69) is 10.2 Å². The van der Waals surface area contributed by atoms with Crippen LogP contribution in [0.5, 0.6) is 11.5 Å². The molecule has 1 aliphatic rings. The van der Waals surface area contributed by atoms with E-state index in [1.807, 2.05) is 38.1 Å². The number of rotatable bonds is 3. The molecule has 0 radical (unpaired) electrons. The minimum atomic E-state index is -0.474. The number of aromatic nitrogens is 5. The fourth-order valence-electron chi connectivity index (χ4n) is 3.64. The first kappa shape index (κ1) is 19.6. The molecule has 0 saturated carbocycles. The number of nitriles is 1. The summed E-state index contributed by atoms with van der Waals surface area (Å²) in [5, 5.41) is 18.2. The topological polar surface area (TPSA) is 134 Å². The summed E-state index contributed by atoms with van der Waals surface area (Å²) in [6.45, 7) is 4.93. The quantitative estimate of drug-likeness (QED) is 0.525. The molecule has 3 aromatic heterocycles. The number of nitrogens with zero attached hydrogens (tertiary/aromatic N) is 6. The molecule has 32 heavy (non-hydrogen) atoms. The molecule has 5 rings (SSSR count). The molecule has 4 heterocycles. The zero-order chi connectivity index (χ0) is 22.4. The summed E-state index contributed by atoms with van der Waals surface area (Å²) >= 11 is 0. The summed E-state index contributed by atoms with van der Waals surface area (Å²) in [6, 6.07) is 9.15. The van der Waals surface area contributed by atoms with Gasteiger partial charge in [0, 0.05) is 11.6 Å². The highest BCUT2D eigenvalue weighted by Crippen LogP contribution is 2.35. The van der Waals surface area contributed by atoms with E-state index < -0.39 is 5.91 Å². The second kappa shape index (κ2) is 7.39. The number of nitrogen functional groups attached to an aromatic ring is 1. The van der Waals surface area contributed by atoms with Gasteiger partial charge in [-0.15, -0.1) is 0 Å². The molecule has 0 saturated heterocycles. The molecule has 0 amide bonds. The predicted molar refractivity (Wildman–Crippen MR) is 115 cm³/mol. The second-order valence-electron chi connectivity index (χ2n) is 7.61. The molecular formula is C22H19N7O3. The molecule has 0 bridgehead atoms. The normalized spacial score (nSPS) is 12.8. The van der Waals surface area contributed by atoms with Gasteiger partial charge in [0.25, 0.3) is 5.91 Å². The first-order chi connectivity index (χ1) is 15.5. The summed E-state index contributed by atoms with van der Waals surface area (Å²) in [5.74, 6) is 0.798. The average molecular weight is 429 g/mol. The molecule has 2 N–H and O–H groups in total. The van der Waals surface area contributed by atoms with Crippen LogP contribution in [0.3, 0.4) is 0 Å². The molecule has 0 unspecified atom stereocenters. The van der Waals surface area contributed by atoms with Crippen molar-refractivity contribution in [3.63, 3.8) is 0 Å². The van der Waals surface area contributed by atoms with Crippen LogP contribution in [0.2, 0.25) is 0 Å². The van der Waals surface area contributed by atoms with Crippen molar-refractivity contribution in [2.45, 2.75) is 19.9 Å². The summed E-state index contributed by atoms with van der Waals surface area (Å²) in [6.07, 6.45) is 2.87.